The molecule has 6 heterocycles. The minimum atomic E-state index is -0.710. The van der Waals surface area contributed by atoms with Crippen molar-refractivity contribution in [3.63, 3.8) is 0 Å². The van der Waals surface area contributed by atoms with Crippen molar-refractivity contribution in [3.8, 4) is 23.0 Å². The van der Waals surface area contributed by atoms with Gasteiger partial charge in [0.05, 0.1) is 97.1 Å². The van der Waals surface area contributed by atoms with E-state index in [9.17, 15) is 14.4 Å². The number of imidazole rings is 3. The van der Waals surface area contributed by atoms with Gasteiger partial charge in [0.25, 0.3) is 11.8 Å². The van der Waals surface area contributed by atoms with E-state index in [1.807, 2.05) is 76.3 Å². The first kappa shape index (κ1) is 46.3. The molecule has 2 amide bonds. The van der Waals surface area contributed by atoms with Gasteiger partial charge in [-0.2, -0.15) is 0 Å². The van der Waals surface area contributed by atoms with E-state index >= 15 is 0 Å². The lowest BCUT2D eigenvalue weighted by atomic mass is 10.0. The SMILES string of the molecule is COc1cc(OC)cc(N2C(N)=C(c3nc4ccccc4[nH]3)COCC2CCN2C(=O)c3cccc(COc4cc(OC)cc(N5C(N)=C(c6nc7ccccc7[nH]6)C(=O)C5CCn5ccnc5)c4)c3C2=O)c1. The standard InChI is InChI=1S/C54H51N11O8/c1-69-35-21-33(22-36(25-35)70-2)64-32(28-72-29-40(49(64)55)51-58-41-11-4-5-12-42(41)59-51)15-19-63-53(67)39-10-8-9-31(46(39)54(63)68)27-73-38-24-34(23-37(26-38)71-3)65-45(16-18-62-20-17-57-30-62)48(66)47(50(65)56)52-60-43-13-6-7-14-44(43)61-52/h4-14,17,20-26,30,32,45H,15-16,18-19,27-29,55-56H2,1-3H3,(H,58,59)(H,60,61). The number of aryl methyl sites for hydroxylation is 1. The lowest BCUT2D eigenvalue weighted by molar-refractivity contribution is -0.114. The molecule has 3 aromatic heterocycles. The summed E-state index contributed by atoms with van der Waals surface area (Å²) in [6.07, 6.45) is 5.91. The zero-order valence-corrected chi connectivity index (χ0v) is 40.2. The molecule has 0 fully saturated rings. The Kier molecular flexibility index (Phi) is 12.2. The molecule has 2 unspecified atom stereocenters. The number of ether oxygens (including phenoxy) is 5. The lowest BCUT2D eigenvalue weighted by Crippen LogP contribution is -2.43. The van der Waals surface area contributed by atoms with E-state index in [0.29, 0.717) is 81.5 Å². The maximum absolute atomic E-state index is 14.5. The summed E-state index contributed by atoms with van der Waals surface area (Å²) in [5, 5.41) is 0. The molecule has 3 aliphatic heterocycles. The number of Topliss-reactive ketones (excluding diaryl/α,β-unsaturated/α-hetero) is 1. The number of carbonyl (C=O) groups is 3. The molecule has 11 rings (SSSR count). The van der Waals surface area contributed by atoms with Crippen molar-refractivity contribution in [2.75, 3.05) is 50.9 Å². The topological polar surface area (TPSA) is 234 Å². The monoisotopic (exact) mass is 981 g/mol. The first-order valence-electron chi connectivity index (χ1n) is 23.7. The van der Waals surface area contributed by atoms with Crippen LogP contribution >= 0.6 is 0 Å². The minimum Gasteiger partial charge on any atom is -0.497 e. The summed E-state index contributed by atoms with van der Waals surface area (Å²) >= 11 is 0. The van der Waals surface area contributed by atoms with Gasteiger partial charge in [-0.15, -0.1) is 0 Å². The van der Waals surface area contributed by atoms with E-state index in [2.05, 4.69) is 15.0 Å². The summed E-state index contributed by atoms with van der Waals surface area (Å²) < 4.78 is 31.7. The molecule has 3 aliphatic rings. The number of carbonyl (C=O) groups excluding carboxylic acids is 3. The molecule has 0 radical (unpaired) electrons. The second kappa shape index (κ2) is 19.2. The highest BCUT2D eigenvalue weighted by Crippen LogP contribution is 2.40. The number of methoxy groups -OCH3 is 3. The molecule has 73 heavy (non-hydrogen) atoms. The fourth-order valence-corrected chi connectivity index (χ4v) is 9.91. The lowest BCUT2D eigenvalue weighted by Gasteiger charge is -2.33. The number of nitrogens with one attached hydrogen (secondary N) is 2. The summed E-state index contributed by atoms with van der Waals surface area (Å²) in [6, 6.07) is 30.0. The predicted molar refractivity (Wildman–Crippen MR) is 273 cm³/mol. The average molecular weight is 982 g/mol. The number of hydrogen-bond donors (Lipinski definition) is 4. The molecule has 0 saturated carbocycles. The zero-order valence-electron chi connectivity index (χ0n) is 40.2. The van der Waals surface area contributed by atoms with Crippen LogP contribution < -0.4 is 40.2 Å². The Morgan fingerprint density at radius 3 is 2.01 bits per heavy atom. The Bertz CT molecular complexity index is 3420. The van der Waals surface area contributed by atoms with Crippen LogP contribution in [0.4, 0.5) is 11.4 Å². The van der Waals surface area contributed by atoms with Crippen molar-refractivity contribution in [1.82, 2.24) is 34.4 Å². The molecule has 2 atom stereocenters. The number of hydrogen-bond acceptors (Lipinski definition) is 15. The molecule has 0 bridgehead atoms. The van der Waals surface area contributed by atoms with Gasteiger partial charge in [-0.05, 0) is 43.2 Å². The van der Waals surface area contributed by atoms with Gasteiger partial charge in [-0.1, -0.05) is 36.4 Å². The van der Waals surface area contributed by atoms with Gasteiger partial charge in [0.15, 0.2) is 5.78 Å². The van der Waals surface area contributed by atoms with E-state index < -0.39 is 23.9 Å². The molecular weight excluding hydrogens is 931 g/mol. The number of ketones is 1. The Balaban J connectivity index is 0.859. The largest absolute Gasteiger partial charge is 0.497 e. The van der Waals surface area contributed by atoms with Gasteiger partial charge in [0.2, 0.25) is 0 Å². The number of imide groups is 1. The molecule has 6 N–H and O–H groups in total. The number of aromatic amines is 2. The number of nitrogens with two attached hydrogens (primary N) is 2. The van der Waals surface area contributed by atoms with Crippen LogP contribution in [0.1, 0.15) is 50.8 Å². The van der Waals surface area contributed by atoms with Gasteiger partial charge in [0.1, 0.15) is 64.5 Å². The predicted octanol–water partition coefficient (Wildman–Crippen LogP) is 6.64. The van der Waals surface area contributed by atoms with E-state index in [1.54, 1.807) is 74.1 Å². The third-order valence-corrected chi connectivity index (χ3v) is 13.5. The second-order valence-electron chi connectivity index (χ2n) is 17.8. The Morgan fingerprint density at radius 1 is 0.699 bits per heavy atom. The quantitative estimate of drug-likeness (QED) is 0.0744. The Hall–Kier alpha value is -9.10. The normalized spacial score (nSPS) is 17.1. The van der Waals surface area contributed by atoms with Crippen LogP contribution in [0.3, 0.4) is 0 Å². The highest BCUT2D eigenvalue weighted by atomic mass is 16.5. The molecule has 19 heteroatoms. The summed E-state index contributed by atoms with van der Waals surface area (Å²) in [5.74, 6) is 2.37. The number of nitrogens with zero attached hydrogens (tertiary/aromatic N) is 7. The van der Waals surface area contributed by atoms with Gasteiger partial charge in [0, 0.05) is 67.4 Å². The maximum atomic E-state index is 14.5. The highest BCUT2D eigenvalue weighted by Gasteiger charge is 2.42. The average Bonchev–Trinajstić information content (AvgIpc) is 4.25. The third kappa shape index (κ3) is 8.58. The van der Waals surface area contributed by atoms with E-state index in [1.165, 1.54) is 12.0 Å². The maximum Gasteiger partial charge on any atom is 0.261 e. The van der Waals surface area contributed by atoms with Gasteiger partial charge < -0.3 is 59.5 Å². The minimum absolute atomic E-state index is 0.0479. The molecule has 0 spiro atoms. The fraction of sp³-hybridized carbons (Fsp3) is 0.222. The van der Waals surface area contributed by atoms with Crippen molar-refractivity contribution in [2.45, 2.75) is 38.1 Å². The van der Waals surface area contributed by atoms with Crippen LogP contribution in [0.15, 0.2) is 133 Å². The molecule has 370 valence electrons. The van der Waals surface area contributed by atoms with Crippen LogP contribution in [-0.2, 0) is 22.7 Å². The van der Waals surface area contributed by atoms with Crippen molar-refractivity contribution in [1.29, 1.82) is 0 Å². The molecule has 0 aliphatic carbocycles. The van der Waals surface area contributed by atoms with Crippen LogP contribution in [0.5, 0.6) is 23.0 Å². The van der Waals surface area contributed by atoms with Crippen molar-refractivity contribution in [2.24, 2.45) is 11.5 Å². The Morgan fingerprint density at radius 2 is 1.34 bits per heavy atom. The molecule has 0 saturated heterocycles. The van der Waals surface area contributed by atoms with Crippen LogP contribution in [0.2, 0.25) is 0 Å². The van der Waals surface area contributed by atoms with Gasteiger partial charge in [-0.3, -0.25) is 19.3 Å². The van der Waals surface area contributed by atoms with Gasteiger partial charge >= 0.3 is 0 Å². The number of H-pyrrole nitrogens is 2. The van der Waals surface area contributed by atoms with Crippen molar-refractivity contribution in [3.05, 3.63) is 162 Å². The molecular formula is C54H51N11O8. The Labute approximate surface area is 418 Å². The second-order valence-corrected chi connectivity index (χ2v) is 17.8. The molecule has 5 aromatic carbocycles. The van der Waals surface area contributed by atoms with Gasteiger partial charge in [-0.25, -0.2) is 15.0 Å². The van der Waals surface area contributed by atoms with Crippen molar-refractivity contribution >= 4 is 62.2 Å². The fourth-order valence-electron chi connectivity index (χ4n) is 9.91. The van der Waals surface area contributed by atoms with Crippen LogP contribution in [-0.4, -0.2) is 105 Å². The summed E-state index contributed by atoms with van der Waals surface area (Å²) in [6.45, 7) is 0.820. The van der Waals surface area contributed by atoms with E-state index in [4.69, 9.17) is 45.1 Å². The molecule has 8 aromatic rings. The van der Waals surface area contributed by atoms with Crippen LogP contribution in [0, 0.1) is 0 Å². The third-order valence-electron chi connectivity index (χ3n) is 13.5. The molecule has 19 nitrogen and oxygen atoms in total. The number of para-hydroxylation sites is 4. The zero-order chi connectivity index (χ0) is 50.3. The number of benzene rings is 5. The summed E-state index contributed by atoms with van der Waals surface area (Å²) in [7, 11) is 4.68. The number of aromatic nitrogens is 6. The number of anilines is 2. The number of fused-ring (bicyclic) bond motifs is 3. The highest BCUT2D eigenvalue weighted by molar-refractivity contribution is 6.28. The smallest absolute Gasteiger partial charge is 0.261 e. The van der Waals surface area contributed by atoms with E-state index in [-0.39, 0.29) is 61.1 Å². The number of rotatable bonds is 16. The van der Waals surface area contributed by atoms with E-state index in [0.717, 1.165) is 16.6 Å². The summed E-state index contributed by atoms with van der Waals surface area (Å²) in [5.41, 5.74) is 20.3. The first-order valence-corrected chi connectivity index (χ1v) is 23.7. The number of amides is 2. The summed E-state index contributed by atoms with van der Waals surface area (Å²) in [4.78, 5) is 68.5. The first-order chi connectivity index (χ1) is 35.6. The van der Waals surface area contributed by atoms with Crippen LogP contribution in [0.25, 0.3) is 33.2 Å². The van der Waals surface area contributed by atoms with Crippen molar-refractivity contribution < 1.29 is 38.1 Å².